The molecule has 0 fully saturated rings. The lowest BCUT2D eigenvalue weighted by molar-refractivity contribution is 0.103. The highest BCUT2D eigenvalue weighted by atomic mass is 16.5. The molecule has 0 aliphatic carbocycles. The number of ether oxygens (including phenoxy) is 1. The lowest BCUT2D eigenvalue weighted by atomic mass is 9.93. The third-order valence-electron chi connectivity index (χ3n) is 4.63. The normalized spacial score (nSPS) is 11.8. The molecule has 6 heteroatoms. The average Bonchev–Trinajstić information content (AvgIpc) is 2.67. The Bertz CT molecular complexity index is 1050. The number of pyridine rings is 1. The van der Waals surface area contributed by atoms with Crippen LogP contribution in [-0.2, 0) is 0 Å². The first-order chi connectivity index (χ1) is 13.4. The van der Waals surface area contributed by atoms with Gasteiger partial charge in [-0.05, 0) is 49.4 Å². The first-order valence-electron chi connectivity index (χ1n) is 9.07. The van der Waals surface area contributed by atoms with Crippen LogP contribution in [0.4, 0.5) is 4.79 Å². The smallest absolute Gasteiger partial charge is 0.405 e. The number of rotatable bonds is 6. The molecule has 2 N–H and O–H groups in total. The summed E-state index contributed by atoms with van der Waals surface area (Å²) in [5.74, 6) is 0.414. The van der Waals surface area contributed by atoms with Gasteiger partial charge in [0.25, 0.3) is 0 Å². The quantitative estimate of drug-likeness (QED) is 0.617. The van der Waals surface area contributed by atoms with E-state index in [-0.39, 0.29) is 11.8 Å². The van der Waals surface area contributed by atoms with Crippen LogP contribution in [-0.4, -0.2) is 28.6 Å². The van der Waals surface area contributed by atoms with E-state index in [1.807, 2.05) is 38.1 Å². The van der Waals surface area contributed by atoms with Gasteiger partial charge >= 0.3 is 6.09 Å². The Morgan fingerprint density at radius 3 is 2.61 bits per heavy atom. The fourth-order valence-corrected chi connectivity index (χ4v) is 3.25. The van der Waals surface area contributed by atoms with E-state index < -0.39 is 6.09 Å². The summed E-state index contributed by atoms with van der Waals surface area (Å²) in [4.78, 5) is 28.3. The molecule has 1 heterocycles. The van der Waals surface area contributed by atoms with Gasteiger partial charge in [0.15, 0.2) is 5.78 Å². The molecule has 0 bridgehead atoms. The van der Waals surface area contributed by atoms with Gasteiger partial charge in [0.05, 0.1) is 12.6 Å². The van der Waals surface area contributed by atoms with E-state index in [2.05, 4.69) is 10.3 Å². The standard InChI is InChI=1S/C22H22N2O4/c1-4-28-21-19-7-5-6-18(17(19)10-11-23-21)20(25)16-9-8-15(12-13(16)2)14(3)24-22(26)27/h5-12,14,24H,4H2,1-3H3,(H,26,27)/t14-/m1/s1. The van der Waals surface area contributed by atoms with Gasteiger partial charge in [0, 0.05) is 22.7 Å². The molecule has 0 spiro atoms. The minimum atomic E-state index is -1.08. The van der Waals surface area contributed by atoms with Crippen molar-refractivity contribution in [2.75, 3.05) is 6.61 Å². The number of hydrogen-bond acceptors (Lipinski definition) is 4. The lowest BCUT2D eigenvalue weighted by Gasteiger charge is -2.15. The molecule has 3 aromatic rings. The number of nitrogens with one attached hydrogen (secondary N) is 1. The monoisotopic (exact) mass is 378 g/mol. The van der Waals surface area contributed by atoms with Gasteiger partial charge in [-0.3, -0.25) is 4.79 Å². The highest BCUT2D eigenvalue weighted by Gasteiger charge is 2.18. The second-order valence-electron chi connectivity index (χ2n) is 6.52. The Balaban J connectivity index is 2.01. The molecule has 1 aromatic heterocycles. The van der Waals surface area contributed by atoms with Gasteiger partial charge < -0.3 is 15.2 Å². The fourth-order valence-electron chi connectivity index (χ4n) is 3.25. The van der Waals surface area contributed by atoms with E-state index in [9.17, 15) is 9.59 Å². The second kappa shape index (κ2) is 8.08. The Morgan fingerprint density at radius 2 is 1.93 bits per heavy atom. The van der Waals surface area contributed by atoms with Crippen LogP contribution in [0, 0.1) is 6.92 Å². The van der Waals surface area contributed by atoms with Crippen LogP contribution < -0.4 is 10.1 Å². The van der Waals surface area contributed by atoms with Crippen LogP contribution >= 0.6 is 0 Å². The van der Waals surface area contributed by atoms with Crippen molar-refractivity contribution in [2.45, 2.75) is 26.8 Å². The van der Waals surface area contributed by atoms with Gasteiger partial charge in [-0.15, -0.1) is 0 Å². The van der Waals surface area contributed by atoms with E-state index in [1.165, 1.54) is 0 Å². The zero-order valence-electron chi connectivity index (χ0n) is 16.0. The summed E-state index contributed by atoms with van der Waals surface area (Å²) in [6.45, 7) is 5.99. The van der Waals surface area contributed by atoms with Gasteiger partial charge in [-0.1, -0.05) is 30.3 Å². The molecule has 0 aliphatic heterocycles. The second-order valence-corrected chi connectivity index (χ2v) is 6.52. The summed E-state index contributed by atoms with van der Waals surface area (Å²) < 4.78 is 5.58. The van der Waals surface area contributed by atoms with Gasteiger partial charge in [-0.2, -0.15) is 0 Å². The number of ketones is 1. The maximum absolute atomic E-state index is 13.2. The minimum absolute atomic E-state index is 0.0952. The largest absolute Gasteiger partial charge is 0.478 e. The maximum atomic E-state index is 13.2. The molecular formula is C22H22N2O4. The Hall–Kier alpha value is -3.41. The van der Waals surface area contributed by atoms with Crippen molar-refractivity contribution in [3.05, 3.63) is 70.9 Å². The summed E-state index contributed by atoms with van der Waals surface area (Å²) in [5, 5.41) is 12.9. The maximum Gasteiger partial charge on any atom is 0.405 e. The summed E-state index contributed by atoms with van der Waals surface area (Å²) in [5.41, 5.74) is 2.75. The third-order valence-corrected chi connectivity index (χ3v) is 4.63. The highest BCUT2D eigenvalue weighted by Crippen LogP contribution is 2.28. The zero-order valence-corrected chi connectivity index (χ0v) is 16.0. The van der Waals surface area contributed by atoms with Crippen molar-refractivity contribution in [3.63, 3.8) is 0 Å². The Labute approximate surface area is 163 Å². The van der Waals surface area contributed by atoms with Crippen molar-refractivity contribution < 1.29 is 19.4 Å². The summed E-state index contributed by atoms with van der Waals surface area (Å²) >= 11 is 0. The van der Waals surface area contributed by atoms with Crippen molar-refractivity contribution in [1.82, 2.24) is 10.3 Å². The molecule has 0 saturated carbocycles. The van der Waals surface area contributed by atoms with Gasteiger partial charge in [0.1, 0.15) is 0 Å². The Kier molecular flexibility index (Phi) is 5.59. The third kappa shape index (κ3) is 3.81. The molecule has 1 atom stereocenters. The number of amides is 1. The number of carboxylic acid groups (broad SMARTS) is 1. The Morgan fingerprint density at radius 1 is 1.14 bits per heavy atom. The van der Waals surface area contributed by atoms with Crippen LogP contribution in [0.1, 0.15) is 46.9 Å². The van der Waals surface area contributed by atoms with Crippen molar-refractivity contribution in [3.8, 4) is 5.88 Å². The molecule has 0 aliphatic rings. The van der Waals surface area contributed by atoms with Gasteiger partial charge in [0.2, 0.25) is 5.88 Å². The number of carbonyl (C=O) groups excluding carboxylic acids is 1. The van der Waals surface area contributed by atoms with E-state index >= 15 is 0 Å². The molecule has 0 radical (unpaired) electrons. The molecule has 2 aromatic carbocycles. The number of nitrogens with zero attached hydrogens (tertiary/aromatic N) is 1. The summed E-state index contributed by atoms with van der Waals surface area (Å²) in [6.07, 6.45) is 0.555. The molecule has 0 unspecified atom stereocenters. The highest BCUT2D eigenvalue weighted by molar-refractivity contribution is 6.17. The van der Waals surface area contributed by atoms with Crippen LogP contribution in [0.2, 0.25) is 0 Å². The number of aryl methyl sites for hydroxylation is 1. The minimum Gasteiger partial charge on any atom is -0.478 e. The number of benzene rings is 2. The molecule has 1 amide bonds. The van der Waals surface area contributed by atoms with Gasteiger partial charge in [-0.25, -0.2) is 9.78 Å². The van der Waals surface area contributed by atoms with Crippen molar-refractivity contribution >= 4 is 22.6 Å². The first kappa shape index (κ1) is 19.4. The molecule has 6 nitrogen and oxygen atoms in total. The molecule has 3 rings (SSSR count). The number of fused-ring (bicyclic) bond motifs is 1. The zero-order chi connectivity index (χ0) is 20.3. The average molecular weight is 378 g/mol. The van der Waals surface area contributed by atoms with E-state index in [0.29, 0.717) is 23.6 Å². The molecule has 28 heavy (non-hydrogen) atoms. The van der Waals surface area contributed by atoms with E-state index in [1.54, 1.807) is 31.3 Å². The van der Waals surface area contributed by atoms with Crippen molar-refractivity contribution in [2.24, 2.45) is 0 Å². The number of hydrogen-bond donors (Lipinski definition) is 2. The van der Waals surface area contributed by atoms with Crippen LogP contribution in [0.25, 0.3) is 10.8 Å². The van der Waals surface area contributed by atoms with Crippen LogP contribution in [0.5, 0.6) is 5.88 Å². The van der Waals surface area contributed by atoms with Crippen LogP contribution in [0.15, 0.2) is 48.7 Å². The first-order valence-corrected chi connectivity index (χ1v) is 9.07. The summed E-state index contributed by atoms with van der Waals surface area (Å²) in [7, 11) is 0. The predicted molar refractivity (Wildman–Crippen MR) is 107 cm³/mol. The van der Waals surface area contributed by atoms with Crippen LogP contribution in [0.3, 0.4) is 0 Å². The lowest BCUT2D eigenvalue weighted by Crippen LogP contribution is -2.24. The number of aromatic nitrogens is 1. The molecular weight excluding hydrogens is 356 g/mol. The molecule has 0 saturated heterocycles. The topological polar surface area (TPSA) is 88.5 Å². The van der Waals surface area contributed by atoms with E-state index in [0.717, 1.165) is 21.9 Å². The fraction of sp³-hybridized carbons (Fsp3) is 0.227. The number of carbonyl (C=O) groups is 2. The molecule has 144 valence electrons. The SMILES string of the molecule is CCOc1nccc2c(C(=O)c3ccc([C@@H](C)NC(=O)O)cc3C)cccc12. The summed E-state index contributed by atoms with van der Waals surface area (Å²) in [6, 6.07) is 12.3. The van der Waals surface area contributed by atoms with E-state index in [4.69, 9.17) is 9.84 Å². The predicted octanol–water partition coefficient (Wildman–Crippen LogP) is 4.50. The van der Waals surface area contributed by atoms with Crippen molar-refractivity contribution in [1.29, 1.82) is 0 Å².